The fourth-order valence-corrected chi connectivity index (χ4v) is 3.08. The second-order valence-electron chi connectivity index (χ2n) is 5.72. The zero-order chi connectivity index (χ0) is 14.1. The Morgan fingerprint density at radius 2 is 2.10 bits per heavy atom. The SMILES string of the molecule is CC(=O)CCc1nc2c(c(=O)[nH]1)CN=C2C1CCCC1. The molecule has 1 saturated carbocycles. The number of ketones is 1. The lowest BCUT2D eigenvalue weighted by atomic mass is 9.98. The molecule has 1 aromatic heterocycles. The van der Waals surface area contributed by atoms with Crippen LogP contribution >= 0.6 is 0 Å². The summed E-state index contributed by atoms with van der Waals surface area (Å²) in [6.07, 6.45) is 5.68. The molecule has 0 aromatic carbocycles. The molecule has 1 fully saturated rings. The third-order valence-corrected chi connectivity index (χ3v) is 4.17. The summed E-state index contributed by atoms with van der Waals surface area (Å²) in [4.78, 5) is 35.1. The number of rotatable bonds is 4. The van der Waals surface area contributed by atoms with Gasteiger partial charge < -0.3 is 9.78 Å². The van der Waals surface area contributed by atoms with Crippen LogP contribution in [0.15, 0.2) is 9.79 Å². The maximum Gasteiger partial charge on any atom is 0.256 e. The number of nitrogens with zero attached hydrogens (tertiary/aromatic N) is 2. The number of hydrogen-bond acceptors (Lipinski definition) is 4. The first-order chi connectivity index (χ1) is 9.65. The molecule has 0 radical (unpaired) electrons. The molecule has 1 aliphatic heterocycles. The highest BCUT2D eigenvalue weighted by molar-refractivity contribution is 6.03. The van der Waals surface area contributed by atoms with Gasteiger partial charge in [0.05, 0.1) is 23.5 Å². The number of fused-ring (bicyclic) bond motifs is 1. The molecular formula is C15H19N3O2. The zero-order valence-corrected chi connectivity index (χ0v) is 11.7. The highest BCUT2D eigenvalue weighted by Crippen LogP contribution is 2.31. The topological polar surface area (TPSA) is 75.2 Å². The molecule has 0 atom stereocenters. The number of H-pyrrole nitrogens is 1. The molecule has 1 aliphatic carbocycles. The minimum atomic E-state index is -0.0923. The fourth-order valence-electron chi connectivity index (χ4n) is 3.08. The second kappa shape index (κ2) is 5.31. The normalized spacial score (nSPS) is 18.1. The summed E-state index contributed by atoms with van der Waals surface area (Å²) in [6, 6.07) is 0. The smallest absolute Gasteiger partial charge is 0.256 e. The van der Waals surface area contributed by atoms with E-state index in [9.17, 15) is 9.59 Å². The lowest BCUT2D eigenvalue weighted by molar-refractivity contribution is -0.117. The predicted octanol–water partition coefficient (Wildman–Crippen LogP) is 1.78. The van der Waals surface area contributed by atoms with Crippen LogP contribution in [0.3, 0.4) is 0 Å². The van der Waals surface area contributed by atoms with E-state index in [1.807, 2.05) is 0 Å². The number of aromatic amines is 1. The van der Waals surface area contributed by atoms with Crippen LogP contribution in [0.5, 0.6) is 0 Å². The molecule has 1 N–H and O–H groups in total. The highest BCUT2D eigenvalue weighted by atomic mass is 16.1. The molecule has 0 unspecified atom stereocenters. The van der Waals surface area contributed by atoms with Crippen LogP contribution in [0.25, 0.3) is 0 Å². The van der Waals surface area contributed by atoms with Crippen LogP contribution in [-0.2, 0) is 17.8 Å². The summed E-state index contributed by atoms with van der Waals surface area (Å²) in [5, 5.41) is 0. The van der Waals surface area contributed by atoms with Gasteiger partial charge in [-0.1, -0.05) is 12.8 Å². The van der Waals surface area contributed by atoms with Crippen molar-refractivity contribution in [3.63, 3.8) is 0 Å². The standard InChI is InChI=1S/C15H19N3O2/c1-9(19)6-7-12-17-14-11(15(20)18-12)8-16-13(14)10-4-2-3-5-10/h10H,2-8H2,1H3,(H,17,18,20). The van der Waals surface area contributed by atoms with Gasteiger partial charge in [-0.2, -0.15) is 0 Å². The van der Waals surface area contributed by atoms with Gasteiger partial charge in [0, 0.05) is 18.8 Å². The van der Waals surface area contributed by atoms with Gasteiger partial charge in [0.2, 0.25) is 0 Å². The lowest BCUT2D eigenvalue weighted by Crippen LogP contribution is -2.22. The first kappa shape index (κ1) is 13.2. The zero-order valence-electron chi connectivity index (χ0n) is 11.7. The molecule has 0 bridgehead atoms. The molecule has 0 spiro atoms. The molecule has 0 saturated heterocycles. The average Bonchev–Trinajstić information content (AvgIpc) is 3.04. The van der Waals surface area contributed by atoms with Crippen molar-refractivity contribution >= 4 is 11.5 Å². The molecule has 106 valence electrons. The van der Waals surface area contributed by atoms with E-state index in [0.29, 0.717) is 36.7 Å². The van der Waals surface area contributed by atoms with E-state index in [0.717, 1.165) is 24.2 Å². The quantitative estimate of drug-likeness (QED) is 0.908. The Hall–Kier alpha value is -1.78. The first-order valence-corrected chi connectivity index (χ1v) is 7.31. The van der Waals surface area contributed by atoms with Crippen LogP contribution in [0.1, 0.15) is 56.1 Å². The van der Waals surface area contributed by atoms with Crippen molar-refractivity contribution in [2.45, 2.75) is 52.0 Å². The van der Waals surface area contributed by atoms with Crippen molar-refractivity contribution in [2.75, 3.05) is 0 Å². The summed E-state index contributed by atoms with van der Waals surface area (Å²) in [5.41, 5.74) is 2.41. The van der Waals surface area contributed by atoms with Crippen LogP contribution in [0, 0.1) is 5.92 Å². The van der Waals surface area contributed by atoms with E-state index in [4.69, 9.17) is 0 Å². The number of hydrogen-bond donors (Lipinski definition) is 1. The molecule has 2 heterocycles. The molecule has 5 nitrogen and oxygen atoms in total. The van der Waals surface area contributed by atoms with E-state index in [1.165, 1.54) is 12.8 Å². The van der Waals surface area contributed by atoms with Gasteiger partial charge in [-0.3, -0.25) is 9.79 Å². The van der Waals surface area contributed by atoms with Crippen molar-refractivity contribution < 1.29 is 4.79 Å². The molecule has 0 amide bonds. The molecule has 2 aliphatic rings. The average molecular weight is 273 g/mol. The summed E-state index contributed by atoms with van der Waals surface area (Å²) < 4.78 is 0. The van der Waals surface area contributed by atoms with Crippen molar-refractivity contribution in [3.8, 4) is 0 Å². The van der Waals surface area contributed by atoms with Crippen molar-refractivity contribution in [1.82, 2.24) is 9.97 Å². The van der Waals surface area contributed by atoms with Gasteiger partial charge >= 0.3 is 0 Å². The minimum absolute atomic E-state index is 0.0923. The van der Waals surface area contributed by atoms with E-state index >= 15 is 0 Å². The largest absolute Gasteiger partial charge is 0.310 e. The van der Waals surface area contributed by atoms with Gasteiger partial charge in [0.25, 0.3) is 5.56 Å². The van der Waals surface area contributed by atoms with Crippen LogP contribution in [0.2, 0.25) is 0 Å². The summed E-state index contributed by atoms with van der Waals surface area (Å²) >= 11 is 0. The Bertz CT molecular complexity index is 624. The summed E-state index contributed by atoms with van der Waals surface area (Å²) in [6.45, 7) is 2.01. The molecule has 20 heavy (non-hydrogen) atoms. The maximum absolute atomic E-state index is 12.1. The molecular weight excluding hydrogens is 254 g/mol. The number of aryl methyl sites for hydroxylation is 1. The first-order valence-electron chi connectivity index (χ1n) is 7.31. The van der Waals surface area contributed by atoms with Gasteiger partial charge in [-0.25, -0.2) is 4.98 Å². The third-order valence-electron chi connectivity index (χ3n) is 4.17. The number of aliphatic imine (C=N–C) groups is 1. The molecule has 1 aromatic rings. The fraction of sp³-hybridized carbons (Fsp3) is 0.600. The van der Waals surface area contributed by atoms with Crippen molar-refractivity contribution in [3.05, 3.63) is 27.4 Å². The second-order valence-corrected chi connectivity index (χ2v) is 5.72. The predicted molar refractivity (Wildman–Crippen MR) is 76.1 cm³/mol. The summed E-state index contributed by atoms with van der Waals surface area (Å²) in [5.74, 6) is 1.18. The van der Waals surface area contributed by atoms with Crippen molar-refractivity contribution in [1.29, 1.82) is 0 Å². The van der Waals surface area contributed by atoms with Crippen LogP contribution < -0.4 is 5.56 Å². The Balaban J connectivity index is 1.90. The highest BCUT2D eigenvalue weighted by Gasteiger charge is 2.29. The summed E-state index contributed by atoms with van der Waals surface area (Å²) in [7, 11) is 0. The van der Waals surface area contributed by atoms with Crippen LogP contribution in [0.4, 0.5) is 0 Å². The van der Waals surface area contributed by atoms with E-state index < -0.39 is 0 Å². The Kier molecular flexibility index (Phi) is 3.51. The Morgan fingerprint density at radius 3 is 2.80 bits per heavy atom. The van der Waals surface area contributed by atoms with Gasteiger partial charge in [-0.15, -0.1) is 0 Å². The lowest BCUT2D eigenvalue weighted by Gasteiger charge is -2.10. The molecule has 3 rings (SSSR count). The van der Waals surface area contributed by atoms with E-state index in [2.05, 4.69) is 15.0 Å². The van der Waals surface area contributed by atoms with E-state index in [-0.39, 0.29) is 11.3 Å². The van der Waals surface area contributed by atoms with Crippen LogP contribution in [-0.4, -0.2) is 21.5 Å². The Morgan fingerprint density at radius 1 is 1.35 bits per heavy atom. The number of Topliss-reactive ketones (excluding diaryl/α,β-unsaturated/α-hetero) is 1. The van der Waals surface area contributed by atoms with Gasteiger partial charge in [0.15, 0.2) is 0 Å². The number of carbonyl (C=O) groups is 1. The minimum Gasteiger partial charge on any atom is -0.310 e. The Labute approximate surface area is 117 Å². The van der Waals surface area contributed by atoms with Gasteiger partial charge in [0.1, 0.15) is 11.6 Å². The molecule has 5 heteroatoms. The van der Waals surface area contributed by atoms with E-state index in [1.54, 1.807) is 6.92 Å². The van der Waals surface area contributed by atoms with Crippen molar-refractivity contribution in [2.24, 2.45) is 10.9 Å². The number of nitrogens with one attached hydrogen (secondary N) is 1. The van der Waals surface area contributed by atoms with Gasteiger partial charge in [-0.05, 0) is 19.8 Å². The number of aromatic nitrogens is 2. The number of carbonyl (C=O) groups excluding carboxylic acids is 1. The third kappa shape index (κ3) is 2.44. The maximum atomic E-state index is 12.1. The monoisotopic (exact) mass is 273 g/mol.